The van der Waals surface area contributed by atoms with Gasteiger partial charge in [0.2, 0.25) is 0 Å². The molecule has 1 aliphatic rings. The molecule has 1 N–H and O–H groups in total. The summed E-state index contributed by atoms with van der Waals surface area (Å²) < 4.78 is 11.3. The molecule has 0 aliphatic heterocycles. The van der Waals surface area contributed by atoms with Crippen LogP contribution < -0.4 is 10.1 Å². The smallest absolute Gasteiger partial charge is 0.176 e. The zero-order valence-corrected chi connectivity index (χ0v) is 13.3. The number of para-hydroxylation sites is 1. The van der Waals surface area contributed by atoms with E-state index < -0.39 is 0 Å². The van der Waals surface area contributed by atoms with Crippen molar-refractivity contribution >= 4 is 11.0 Å². The zero-order chi connectivity index (χ0) is 15.6. The fraction of sp³-hybridized carbons (Fsp3) is 0.300. The van der Waals surface area contributed by atoms with Crippen LogP contribution in [0.2, 0.25) is 0 Å². The van der Waals surface area contributed by atoms with Crippen molar-refractivity contribution in [2.24, 2.45) is 0 Å². The number of fused-ring (bicyclic) bond motifs is 2. The fourth-order valence-electron chi connectivity index (χ4n) is 3.45. The Morgan fingerprint density at radius 1 is 1.13 bits per heavy atom. The minimum atomic E-state index is 0.514. The number of hydrogen-bond acceptors (Lipinski definition) is 3. The predicted molar refractivity (Wildman–Crippen MR) is 91.9 cm³/mol. The summed E-state index contributed by atoms with van der Waals surface area (Å²) in [6.07, 6.45) is 3.43. The SMILES string of the molecule is COc1cccc2cc(CNC3CCc4ccccc4C3)oc12. The minimum absolute atomic E-state index is 0.514. The molecule has 1 atom stereocenters. The van der Waals surface area contributed by atoms with Crippen LogP contribution in [-0.2, 0) is 19.4 Å². The summed E-state index contributed by atoms with van der Waals surface area (Å²) in [6.45, 7) is 0.755. The predicted octanol–water partition coefficient (Wildman–Crippen LogP) is 4.09. The van der Waals surface area contributed by atoms with Gasteiger partial charge in [-0.05, 0) is 42.5 Å². The summed E-state index contributed by atoms with van der Waals surface area (Å²) in [5.41, 5.74) is 3.81. The van der Waals surface area contributed by atoms with Gasteiger partial charge in [0.25, 0.3) is 0 Å². The Morgan fingerprint density at radius 2 is 2.00 bits per heavy atom. The summed E-state index contributed by atoms with van der Waals surface area (Å²) >= 11 is 0. The van der Waals surface area contributed by atoms with Gasteiger partial charge in [-0.3, -0.25) is 0 Å². The van der Waals surface area contributed by atoms with E-state index in [0.717, 1.165) is 41.9 Å². The second kappa shape index (κ2) is 6.09. The highest BCUT2D eigenvalue weighted by molar-refractivity contribution is 5.83. The Labute approximate surface area is 136 Å². The second-order valence-electron chi connectivity index (χ2n) is 6.18. The molecule has 0 spiro atoms. The molecule has 3 aromatic rings. The first-order valence-electron chi connectivity index (χ1n) is 8.19. The first-order chi connectivity index (χ1) is 11.3. The van der Waals surface area contributed by atoms with Crippen LogP contribution >= 0.6 is 0 Å². The highest BCUT2D eigenvalue weighted by atomic mass is 16.5. The molecular formula is C20H21NO2. The molecule has 118 valence electrons. The van der Waals surface area contributed by atoms with Crippen molar-refractivity contribution in [3.8, 4) is 5.75 Å². The lowest BCUT2D eigenvalue weighted by Crippen LogP contribution is -2.33. The number of hydrogen-bond donors (Lipinski definition) is 1. The lowest BCUT2D eigenvalue weighted by molar-refractivity contribution is 0.399. The van der Waals surface area contributed by atoms with Crippen molar-refractivity contribution in [2.45, 2.75) is 31.8 Å². The Balaban J connectivity index is 1.46. The van der Waals surface area contributed by atoms with Crippen LogP contribution in [0.1, 0.15) is 23.3 Å². The molecule has 1 aliphatic carbocycles. The van der Waals surface area contributed by atoms with Crippen LogP contribution in [0, 0.1) is 0 Å². The molecule has 3 nitrogen and oxygen atoms in total. The van der Waals surface area contributed by atoms with E-state index in [1.807, 2.05) is 12.1 Å². The van der Waals surface area contributed by atoms with Gasteiger partial charge in [-0.2, -0.15) is 0 Å². The molecule has 0 amide bonds. The third-order valence-corrected chi connectivity index (χ3v) is 4.69. The van der Waals surface area contributed by atoms with E-state index in [1.54, 1.807) is 7.11 Å². The lowest BCUT2D eigenvalue weighted by Gasteiger charge is -2.25. The van der Waals surface area contributed by atoms with Crippen molar-refractivity contribution in [1.29, 1.82) is 0 Å². The summed E-state index contributed by atoms with van der Waals surface area (Å²) in [6, 6.07) is 17.4. The monoisotopic (exact) mass is 307 g/mol. The molecule has 0 fully saturated rings. The number of ether oxygens (including phenoxy) is 1. The van der Waals surface area contributed by atoms with Gasteiger partial charge in [0, 0.05) is 11.4 Å². The van der Waals surface area contributed by atoms with Gasteiger partial charge >= 0.3 is 0 Å². The van der Waals surface area contributed by atoms with E-state index in [1.165, 1.54) is 17.5 Å². The quantitative estimate of drug-likeness (QED) is 0.788. The summed E-state index contributed by atoms with van der Waals surface area (Å²) in [7, 11) is 1.68. The lowest BCUT2D eigenvalue weighted by atomic mass is 9.88. The average molecular weight is 307 g/mol. The maximum absolute atomic E-state index is 5.96. The Bertz CT molecular complexity index is 821. The van der Waals surface area contributed by atoms with E-state index in [9.17, 15) is 0 Å². The van der Waals surface area contributed by atoms with Crippen molar-refractivity contribution in [2.75, 3.05) is 7.11 Å². The number of methoxy groups -OCH3 is 1. The van der Waals surface area contributed by atoms with Gasteiger partial charge in [-0.15, -0.1) is 0 Å². The van der Waals surface area contributed by atoms with E-state index in [4.69, 9.17) is 9.15 Å². The largest absolute Gasteiger partial charge is 0.493 e. The molecule has 2 aromatic carbocycles. The maximum atomic E-state index is 5.96. The van der Waals surface area contributed by atoms with E-state index in [2.05, 4.69) is 41.7 Å². The first-order valence-corrected chi connectivity index (χ1v) is 8.19. The number of aryl methyl sites for hydroxylation is 1. The minimum Gasteiger partial charge on any atom is -0.493 e. The molecule has 1 aromatic heterocycles. The Kier molecular flexibility index (Phi) is 3.80. The van der Waals surface area contributed by atoms with Gasteiger partial charge in [0.05, 0.1) is 13.7 Å². The highest BCUT2D eigenvalue weighted by Gasteiger charge is 2.18. The third kappa shape index (κ3) is 2.84. The van der Waals surface area contributed by atoms with Crippen molar-refractivity contribution in [3.05, 3.63) is 65.4 Å². The summed E-state index contributed by atoms with van der Waals surface area (Å²) in [5, 5.41) is 4.74. The van der Waals surface area contributed by atoms with Crippen LogP contribution in [0.4, 0.5) is 0 Å². The van der Waals surface area contributed by atoms with Crippen LogP contribution in [0.25, 0.3) is 11.0 Å². The first kappa shape index (κ1) is 14.3. The van der Waals surface area contributed by atoms with Crippen LogP contribution in [0.15, 0.2) is 52.9 Å². The molecule has 23 heavy (non-hydrogen) atoms. The number of nitrogens with one attached hydrogen (secondary N) is 1. The van der Waals surface area contributed by atoms with E-state index >= 15 is 0 Å². The number of rotatable bonds is 4. The summed E-state index contributed by atoms with van der Waals surface area (Å²) in [4.78, 5) is 0. The molecule has 0 radical (unpaired) electrons. The molecule has 1 unspecified atom stereocenters. The van der Waals surface area contributed by atoms with E-state index in [0.29, 0.717) is 6.04 Å². The Hall–Kier alpha value is -2.26. The topological polar surface area (TPSA) is 34.4 Å². The maximum Gasteiger partial charge on any atom is 0.176 e. The van der Waals surface area contributed by atoms with Gasteiger partial charge in [-0.25, -0.2) is 0 Å². The van der Waals surface area contributed by atoms with Gasteiger partial charge in [0.1, 0.15) is 5.76 Å². The van der Waals surface area contributed by atoms with Crippen molar-refractivity contribution in [3.63, 3.8) is 0 Å². The zero-order valence-electron chi connectivity index (χ0n) is 13.3. The average Bonchev–Trinajstić information content (AvgIpc) is 3.02. The standard InChI is InChI=1S/C20H21NO2/c1-22-19-8-4-7-16-12-18(23-20(16)19)13-21-17-10-9-14-5-2-3-6-15(14)11-17/h2-8,12,17,21H,9-11,13H2,1H3. The molecule has 3 heteroatoms. The van der Waals surface area contributed by atoms with E-state index in [-0.39, 0.29) is 0 Å². The van der Waals surface area contributed by atoms with Crippen molar-refractivity contribution < 1.29 is 9.15 Å². The Morgan fingerprint density at radius 3 is 2.87 bits per heavy atom. The van der Waals surface area contributed by atoms with Gasteiger partial charge in [-0.1, -0.05) is 36.4 Å². The summed E-state index contributed by atoms with van der Waals surface area (Å²) in [5.74, 6) is 1.75. The van der Waals surface area contributed by atoms with Gasteiger partial charge < -0.3 is 14.5 Å². The molecule has 0 bridgehead atoms. The third-order valence-electron chi connectivity index (χ3n) is 4.69. The van der Waals surface area contributed by atoms with Crippen LogP contribution in [-0.4, -0.2) is 13.2 Å². The molecule has 0 saturated heterocycles. The van der Waals surface area contributed by atoms with Crippen LogP contribution in [0.3, 0.4) is 0 Å². The van der Waals surface area contributed by atoms with Crippen LogP contribution in [0.5, 0.6) is 5.75 Å². The number of furan rings is 1. The number of benzene rings is 2. The normalized spacial score (nSPS) is 17.2. The molecular weight excluding hydrogens is 286 g/mol. The van der Waals surface area contributed by atoms with Gasteiger partial charge in [0.15, 0.2) is 11.3 Å². The molecule has 1 heterocycles. The second-order valence-corrected chi connectivity index (χ2v) is 6.18. The van der Waals surface area contributed by atoms with Crippen molar-refractivity contribution in [1.82, 2.24) is 5.32 Å². The highest BCUT2D eigenvalue weighted by Crippen LogP contribution is 2.28. The fourth-order valence-corrected chi connectivity index (χ4v) is 3.45. The molecule has 4 rings (SSSR count). The molecule has 0 saturated carbocycles.